The van der Waals surface area contributed by atoms with Crippen LogP contribution in [0.1, 0.15) is 65.2 Å². The molecule has 0 aromatic rings. The highest BCUT2D eigenvalue weighted by atomic mass is 127. The number of halogens is 1. The molecule has 2 saturated carbocycles. The van der Waals surface area contributed by atoms with E-state index in [4.69, 9.17) is 19.2 Å². The summed E-state index contributed by atoms with van der Waals surface area (Å²) >= 11 is 0. The van der Waals surface area contributed by atoms with Gasteiger partial charge < -0.3 is 24.8 Å². The molecule has 3 unspecified atom stereocenters. The largest absolute Gasteiger partial charge is 0.381 e. The Morgan fingerprint density at radius 2 is 2.03 bits per heavy atom. The third-order valence-corrected chi connectivity index (χ3v) is 6.69. The highest BCUT2D eigenvalue weighted by Gasteiger charge is 2.55. The number of nitrogens with one attached hydrogen (secondary N) is 2. The van der Waals surface area contributed by atoms with Crippen LogP contribution in [0.4, 0.5) is 0 Å². The number of ether oxygens (including phenoxy) is 3. The second-order valence-electron chi connectivity index (χ2n) is 8.59. The van der Waals surface area contributed by atoms with E-state index in [-0.39, 0.29) is 24.0 Å². The molecule has 3 fully saturated rings. The van der Waals surface area contributed by atoms with Crippen LogP contribution in [-0.4, -0.2) is 64.2 Å². The second-order valence-corrected chi connectivity index (χ2v) is 8.59. The summed E-state index contributed by atoms with van der Waals surface area (Å²) in [6, 6.07) is 0.487. The Balaban J connectivity index is 0.00000300. The fourth-order valence-corrected chi connectivity index (χ4v) is 5.07. The maximum atomic E-state index is 6.08. The molecule has 0 radical (unpaired) electrons. The lowest BCUT2D eigenvalue weighted by atomic mass is 9.55. The van der Waals surface area contributed by atoms with E-state index in [1.54, 1.807) is 0 Å². The normalized spacial score (nSPS) is 28.6. The fraction of sp³-hybridized carbons (Fsp3) is 0.955. The SMILES string of the molecule is CCNC(=NCCCOCC1CCOC1)NC1CC(OCC)C12CCCCC2.I. The second kappa shape index (κ2) is 13.3. The molecule has 1 saturated heterocycles. The van der Waals surface area contributed by atoms with Crippen LogP contribution in [0, 0.1) is 11.3 Å². The lowest BCUT2D eigenvalue weighted by molar-refractivity contribution is -0.145. The first-order valence-electron chi connectivity index (χ1n) is 11.6. The number of hydrogen-bond donors (Lipinski definition) is 2. The van der Waals surface area contributed by atoms with Crippen LogP contribution < -0.4 is 10.6 Å². The third kappa shape index (κ3) is 6.94. The molecule has 1 aliphatic heterocycles. The van der Waals surface area contributed by atoms with Crippen LogP contribution in [-0.2, 0) is 14.2 Å². The van der Waals surface area contributed by atoms with Crippen LogP contribution in [0.15, 0.2) is 4.99 Å². The van der Waals surface area contributed by atoms with Crippen molar-refractivity contribution in [1.82, 2.24) is 10.6 Å². The summed E-state index contributed by atoms with van der Waals surface area (Å²) in [5.74, 6) is 1.54. The maximum absolute atomic E-state index is 6.08. The van der Waals surface area contributed by atoms with E-state index >= 15 is 0 Å². The van der Waals surface area contributed by atoms with Gasteiger partial charge in [-0.1, -0.05) is 19.3 Å². The smallest absolute Gasteiger partial charge is 0.191 e. The van der Waals surface area contributed by atoms with Crippen LogP contribution in [0.3, 0.4) is 0 Å². The molecule has 2 aliphatic carbocycles. The van der Waals surface area contributed by atoms with E-state index in [0.29, 0.717) is 23.5 Å². The molecule has 0 aromatic heterocycles. The molecule has 3 aliphatic rings. The van der Waals surface area contributed by atoms with Gasteiger partial charge in [-0.05, 0) is 46.0 Å². The van der Waals surface area contributed by atoms with Crippen molar-refractivity contribution in [3.8, 4) is 0 Å². The molecule has 0 bridgehead atoms. The van der Waals surface area contributed by atoms with Gasteiger partial charge in [-0.15, -0.1) is 24.0 Å². The first-order chi connectivity index (χ1) is 13.8. The van der Waals surface area contributed by atoms with E-state index in [9.17, 15) is 0 Å². The van der Waals surface area contributed by atoms with Crippen molar-refractivity contribution in [3.63, 3.8) is 0 Å². The van der Waals surface area contributed by atoms with Gasteiger partial charge in [-0.2, -0.15) is 0 Å². The molecule has 3 rings (SSSR count). The fourth-order valence-electron chi connectivity index (χ4n) is 5.07. The van der Waals surface area contributed by atoms with Crippen LogP contribution in [0.5, 0.6) is 0 Å². The summed E-state index contributed by atoms with van der Waals surface area (Å²) in [5.41, 5.74) is 0.316. The van der Waals surface area contributed by atoms with Gasteiger partial charge in [-0.3, -0.25) is 4.99 Å². The molecule has 2 N–H and O–H groups in total. The van der Waals surface area contributed by atoms with E-state index in [1.165, 1.54) is 32.1 Å². The quantitative estimate of drug-likeness (QED) is 0.198. The minimum Gasteiger partial charge on any atom is -0.381 e. The van der Waals surface area contributed by atoms with Gasteiger partial charge in [0.05, 0.1) is 19.3 Å². The van der Waals surface area contributed by atoms with E-state index < -0.39 is 0 Å². The van der Waals surface area contributed by atoms with Crippen LogP contribution in [0.25, 0.3) is 0 Å². The van der Waals surface area contributed by atoms with Crippen LogP contribution in [0.2, 0.25) is 0 Å². The molecule has 1 spiro atoms. The first kappa shape index (κ1) is 25.1. The van der Waals surface area contributed by atoms with Crippen molar-refractivity contribution in [2.24, 2.45) is 16.3 Å². The Kier molecular flexibility index (Phi) is 11.6. The van der Waals surface area contributed by atoms with Gasteiger partial charge >= 0.3 is 0 Å². The van der Waals surface area contributed by atoms with Gasteiger partial charge in [0.25, 0.3) is 0 Å². The van der Waals surface area contributed by atoms with Crippen molar-refractivity contribution in [2.45, 2.75) is 77.4 Å². The number of hydrogen-bond acceptors (Lipinski definition) is 4. The highest BCUT2D eigenvalue weighted by molar-refractivity contribution is 14.0. The van der Waals surface area contributed by atoms with Crippen molar-refractivity contribution in [1.29, 1.82) is 0 Å². The van der Waals surface area contributed by atoms with Crippen molar-refractivity contribution < 1.29 is 14.2 Å². The van der Waals surface area contributed by atoms with Gasteiger partial charge in [0, 0.05) is 50.3 Å². The lowest BCUT2D eigenvalue weighted by Crippen LogP contribution is -2.66. The maximum Gasteiger partial charge on any atom is 0.191 e. The molecule has 3 atom stereocenters. The van der Waals surface area contributed by atoms with Gasteiger partial charge in [0.2, 0.25) is 0 Å². The van der Waals surface area contributed by atoms with Gasteiger partial charge in [0.1, 0.15) is 0 Å². The van der Waals surface area contributed by atoms with E-state index in [1.807, 2.05) is 0 Å². The first-order valence-corrected chi connectivity index (χ1v) is 11.6. The summed E-state index contributed by atoms with van der Waals surface area (Å²) in [5, 5.41) is 7.17. The predicted octanol–water partition coefficient (Wildman–Crippen LogP) is 3.73. The molecule has 1 heterocycles. The topological polar surface area (TPSA) is 64.1 Å². The number of guanidine groups is 1. The van der Waals surface area contributed by atoms with Gasteiger partial charge in [0.15, 0.2) is 5.96 Å². The summed E-state index contributed by atoms with van der Waals surface area (Å²) in [6.07, 6.45) is 10.2. The molecule has 0 aromatic carbocycles. The zero-order valence-corrected chi connectivity index (χ0v) is 20.7. The Bertz CT molecular complexity index is 480. The zero-order chi connectivity index (χ0) is 19.7. The number of nitrogens with zero attached hydrogens (tertiary/aromatic N) is 1. The molecule has 6 nitrogen and oxygen atoms in total. The molecular formula is C22H42IN3O3. The molecular weight excluding hydrogens is 481 g/mol. The molecule has 170 valence electrons. The Morgan fingerprint density at radius 3 is 2.72 bits per heavy atom. The Labute approximate surface area is 194 Å². The Morgan fingerprint density at radius 1 is 1.21 bits per heavy atom. The number of rotatable bonds is 10. The number of aliphatic imine (C=N–C) groups is 1. The summed E-state index contributed by atoms with van der Waals surface area (Å²) in [4.78, 5) is 4.80. The molecule has 29 heavy (non-hydrogen) atoms. The molecule has 7 heteroatoms. The van der Waals surface area contributed by atoms with Gasteiger partial charge in [-0.25, -0.2) is 0 Å². The predicted molar refractivity (Wildman–Crippen MR) is 128 cm³/mol. The minimum atomic E-state index is 0. The summed E-state index contributed by atoms with van der Waals surface area (Å²) in [7, 11) is 0. The minimum absolute atomic E-state index is 0. The van der Waals surface area contributed by atoms with Crippen molar-refractivity contribution in [2.75, 3.05) is 46.1 Å². The van der Waals surface area contributed by atoms with Crippen molar-refractivity contribution >= 4 is 29.9 Å². The van der Waals surface area contributed by atoms with E-state index in [2.05, 4.69) is 24.5 Å². The van der Waals surface area contributed by atoms with Crippen LogP contribution >= 0.6 is 24.0 Å². The average Bonchev–Trinajstić information content (AvgIpc) is 3.24. The Hall–Kier alpha value is -0.120. The third-order valence-electron chi connectivity index (χ3n) is 6.69. The monoisotopic (exact) mass is 523 g/mol. The standard InChI is InChI=1S/C22H41N3O3.HI/c1-3-23-21(24-12-8-13-26-16-18-9-14-27-17-18)25-19-15-20(28-4-2)22(19)10-6-5-7-11-22;/h18-20H,3-17H2,1-2H3,(H2,23,24,25);1H. The average molecular weight is 524 g/mol. The lowest BCUT2D eigenvalue weighted by Gasteiger charge is -2.58. The molecule has 0 amide bonds. The summed E-state index contributed by atoms with van der Waals surface area (Å²) in [6.45, 7) is 10.1. The highest BCUT2D eigenvalue weighted by Crippen LogP contribution is 2.53. The van der Waals surface area contributed by atoms with Crippen molar-refractivity contribution in [3.05, 3.63) is 0 Å². The van der Waals surface area contributed by atoms with E-state index in [0.717, 1.165) is 71.3 Å². The zero-order valence-electron chi connectivity index (χ0n) is 18.4. The summed E-state index contributed by atoms with van der Waals surface area (Å²) < 4.78 is 17.3.